The molecule has 2 N–H and O–H groups in total. The molecule has 0 aliphatic carbocycles. The highest BCUT2D eigenvalue weighted by Gasteiger charge is 2.19. The number of pyridine rings is 1. The van der Waals surface area contributed by atoms with E-state index in [2.05, 4.69) is 24.1 Å². The fourth-order valence-corrected chi connectivity index (χ4v) is 5.34. The van der Waals surface area contributed by atoms with Gasteiger partial charge in [-0.3, -0.25) is 0 Å². The van der Waals surface area contributed by atoms with Crippen LogP contribution in [0.4, 0.5) is 15.3 Å². The second-order valence-electron chi connectivity index (χ2n) is 7.98. The first-order chi connectivity index (χ1) is 16.4. The minimum absolute atomic E-state index is 0.00270. The van der Waals surface area contributed by atoms with E-state index in [4.69, 9.17) is 9.72 Å². The van der Waals surface area contributed by atoms with Gasteiger partial charge in [-0.1, -0.05) is 32.0 Å². The van der Waals surface area contributed by atoms with Crippen molar-refractivity contribution >= 4 is 39.6 Å². The smallest absolute Gasteiger partial charge is 0.339 e. The van der Waals surface area contributed by atoms with Crippen LogP contribution in [0.2, 0.25) is 0 Å². The zero-order valence-corrected chi connectivity index (χ0v) is 20.4. The third kappa shape index (κ3) is 5.60. The van der Waals surface area contributed by atoms with Crippen LogP contribution in [0.25, 0.3) is 21.7 Å². The van der Waals surface area contributed by atoms with Crippen LogP contribution >= 0.6 is 22.7 Å². The first-order valence-corrected chi connectivity index (χ1v) is 12.5. The summed E-state index contributed by atoms with van der Waals surface area (Å²) in [5, 5.41) is 15.4. The van der Waals surface area contributed by atoms with Gasteiger partial charge >= 0.3 is 5.97 Å². The van der Waals surface area contributed by atoms with Crippen molar-refractivity contribution in [1.82, 2.24) is 9.97 Å². The van der Waals surface area contributed by atoms with Crippen molar-refractivity contribution in [2.45, 2.75) is 20.3 Å². The van der Waals surface area contributed by atoms with E-state index in [9.17, 15) is 14.3 Å². The molecule has 0 aliphatic heterocycles. The second kappa shape index (κ2) is 10.8. The quantitative estimate of drug-likeness (QED) is 0.247. The van der Waals surface area contributed by atoms with Gasteiger partial charge in [0, 0.05) is 27.1 Å². The second-order valence-corrected chi connectivity index (χ2v) is 10.0. The van der Waals surface area contributed by atoms with Crippen LogP contribution in [0.15, 0.2) is 54.0 Å². The molecule has 4 rings (SSSR count). The van der Waals surface area contributed by atoms with Crippen molar-refractivity contribution in [2.75, 3.05) is 18.6 Å². The van der Waals surface area contributed by atoms with Crippen molar-refractivity contribution in [3.8, 4) is 27.4 Å². The summed E-state index contributed by atoms with van der Waals surface area (Å²) < 4.78 is 18.0. The summed E-state index contributed by atoms with van der Waals surface area (Å²) in [6.07, 6.45) is 2.47. The molecule has 9 heteroatoms. The highest BCUT2D eigenvalue weighted by Crippen LogP contribution is 2.36. The number of nitrogens with zero attached hydrogens (tertiary/aromatic N) is 2. The molecule has 1 aromatic carbocycles. The summed E-state index contributed by atoms with van der Waals surface area (Å²) in [5.41, 5.74) is 2.48. The molecule has 0 amide bonds. The standard InChI is InChI=1S/C25H24FN3O3S2/c1-15(2)11-21-22(16-5-3-6-18(12-16)32-9-8-26)28-25(34-21)29-23-19(24(30)31)13-17(14-27-23)20-7-4-10-33-20/h3-7,10,12-15H,8-9,11H2,1-2H3,(H,30,31)(H,27,28,29). The largest absolute Gasteiger partial charge is 0.491 e. The maximum absolute atomic E-state index is 12.5. The fourth-order valence-electron chi connectivity index (χ4n) is 3.44. The van der Waals surface area contributed by atoms with Crippen molar-refractivity contribution in [1.29, 1.82) is 0 Å². The van der Waals surface area contributed by atoms with Crippen molar-refractivity contribution in [2.24, 2.45) is 5.92 Å². The van der Waals surface area contributed by atoms with E-state index >= 15 is 0 Å². The fraction of sp³-hybridized carbons (Fsp3) is 0.240. The summed E-state index contributed by atoms with van der Waals surface area (Å²) in [5.74, 6) is 0.150. The molecule has 3 heterocycles. The minimum Gasteiger partial charge on any atom is -0.491 e. The molecule has 0 saturated carbocycles. The van der Waals surface area contributed by atoms with Gasteiger partial charge in [-0.25, -0.2) is 19.2 Å². The molecule has 0 atom stereocenters. The van der Waals surface area contributed by atoms with Gasteiger partial charge in [0.1, 0.15) is 30.4 Å². The predicted molar refractivity (Wildman–Crippen MR) is 135 cm³/mol. The lowest BCUT2D eigenvalue weighted by Crippen LogP contribution is -2.05. The van der Waals surface area contributed by atoms with E-state index in [0.29, 0.717) is 16.8 Å². The number of halogens is 1. The lowest BCUT2D eigenvalue weighted by Gasteiger charge is -2.08. The van der Waals surface area contributed by atoms with Crippen molar-refractivity contribution in [3.63, 3.8) is 0 Å². The first-order valence-electron chi connectivity index (χ1n) is 10.8. The number of nitrogens with one attached hydrogen (secondary N) is 1. The molecule has 4 aromatic rings. The van der Waals surface area contributed by atoms with Gasteiger partial charge in [-0.2, -0.15) is 0 Å². The SMILES string of the molecule is CC(C)Cc1sc(Nc2ncc(-c3cccs3)cc2C(=O)O)nc1-c1cccc(OCCF)c1. The van der Waals surface area contributed by atoms with E-state index in [1.807, 2.05) is 35.7 Å². The van der Waals surface area contributed by atoms with Gasteiger partial charge in [0.05, 0.1) is 5.69 Å². The van der Waals surface area contributed by atoms with Crippen molar-refractivity contribution in [3.05, 3.63) is 64.5 Å². The summed E-state index contributed by atoms with van der Waals surface area (Å²) in [7, 11) is 0. The Hall–Kier alpha value is -3.30. The Kier molecular flexibility index (Phi) is 7.54. The number of carboxylic acids is 1. The number of aromatic nitrogens is 2. The number of thiophene rings is 1. The lowest BCUT2D eigenvalue weighted by atomic mass is 10.0. The van der Waals surface area contributed by atoms with Crippen molar-refractivity contribution < 1.29 is 19.0 Å². The van der Waals surface area contributed by atoms with Crippen LogP contribution in [0.3, 0.4) is 0 Å². The predicted octanol–water partition coefficient (Wildman–Crippen LogP) is 6.92. The number of thiazole rings is 1. The molecule has 0 spiro atoms. The summed E-state index contributed by atoms with van der Waals surface area (Å²) in [6.45, 7) is 3.70. The Bertz CT molecular complexity index is 1270. The molecular weight excluding hydrogens is 473 g/mol. The number of ether oxygens (including phenoxy) is 1. The number of carboxylic acid groups (broad SMARTS) is 1. The number of benzene rings is 1. The molecule has 34 heavy (non-hydrogen) atoms. The minimum atomic E-state index is -1.06. The number of rotatable bonds is 10. The summed E-state index contributed by atoms with van der Waals surface area (Å²) in [6, 6.07) is 12.9. The normalized spacial score (nSPS) is 11.1. The molecule has 0 saturated heterocycles. The third-order valence-electron chi connectivity index (χ3n) is 4.89. The maximum atomic E-state index is 12.5. The van der Waals surface area contributed by atoms with Gasteiger partial charge in [-0.15, -0.1) is 22.7 Å². The average Bonchev–Trinajstić information content (AvgIpc) is 3.48. The molecular formula is C25H24FN3O3S2. The van der Waals surface area contributed by atoms with Crippen LogP contribution in [0.5, 0.6) is 5.75 Å². The Labute approximate surface area is 205 Å². The van der Waals surface area contributed by atoms with Gasteiger partial charge in [0.15, 0.2) is 5.13 Å². The molecule has 176 valence electrons. The topological polar surface area (TPSA) is 84.3 Å². The molecule has 6 nitrogen and oxygen atoms in total. The highest BCUT2D eigenvalue weighted by molar-refractivity contribution is 7.16. The average molecular weight is 498 g/mol. The van der Waals surface area contributed by atoms with Crippen LogP contribution < -0.4 is 10.1 Å². The maximum Gasteiger partial charge on any atom is 0.339 e. The Morgan fingerprint density at radius 2 is 2.06 bits per heavy atom. The van der Waals surface area contributed by atoms with E-state index in [0.717, 1.165) is 33.0 Å². The number of carbonyl (C=O) groups is 1. The van der Waals surface area contributed by atoms with E-state index in [1.54, 1.807) is 18.3 Å². The third-order valence-corrected chi connectivity index (χ3v) is 6.81. The monoisotopic (exact) mass is 497 g/mol. The van der Waals surface area contributed by atoms with Gasteiger partial charge < -0.3 is 15.2 Å². The number of anilines is 2. The Morgan fingerprint density at radius 3 is 2.76 bits per heavy atom. The zero-order chi connectivity index (χ0) is 24.1. The Morgan fingerprint density at radius 1 is 1.21 bits per heavy atom. The summed E-state index contributed by atoms with van der Waals surface area (Å²) in [4.78, 5) is 23.1. The van der Waals surface area contributed by atoms with Crippen LogP contribution in [0.1, 0.15) is 29.1 Å². The Balaban J connectivity index is 1.68. The molecule has 0 bridgehead atoms. The van der Waals surface area contributed by atoms with Crippen LogP contribution in [-0.4, -0.2) is 34.3 Å². The van der Waals surface area contributed by atoms with E-state index < -0.39 is 12.6 Å². The molecule has 3 aromatic heterocycles. The molecule has 0 fully saturated rings. The zero-order valence-electron chi connectivity index (χ0n) is 18.7. The molecule has 0 aliphatic rings. The number of aromatic carboxylic acids is 1. The van der Waals surface area contributed by atoms with Crippen LogP contribution in [-0.2, 0) is 6.42 Å². The number of alkyl halides is 1. The summed E-state index contributed by atoms with van der Waals surface area (Å²) >= 11 is 3.00. The van der Waals surface area contributed by atoms with Gasteiger partial charge in [0.2, 0.25) is 0 Å². The lowest BCUT2D eigenvalue weighted by molar-refractivity contribution is 0.0697. The van der Waals surface area contributed by atoms with E-state index in [1.165, 1.54) is 22.7 Å². The highest BCUT2D eigenvalue weighted by atomic mass is 32.1. The number of hydrogen-bond donors (Lipinski definition) is 2. The van der Waals surface area contributed by atoms with E-state index in [-0.39, 0.29) is 18.0 Å². The van der Waals surface area contributed by atoms with Gasteiger partial charge in [0.25, 0.3) is 0 Å². The van der Waals surface area contributed by atoms with Gasteiger partial charge in [-0.05, 0) is 42.0 Å². The number of hydrogen-bond acceptors (Lipinski definition) is 7. The molecule has 0 unspecified atom stereocenters. The first kappa shape index (κ1) is 23.8. The molecule has 0 radical (unpaired) electrons. The van der Waals surface area contributed by atoms with Crippen LogP contribution in [0, 0.1) is 5.92 Å².